The van der Waals surface area contributed by atoms with Gasteiger partial charge in [0.25, 0.3) is 0 Å². The van der Waals surface area contributed by atoms with E-state index in [1.807, 2.05) is 12.4 Å². The first-order valence-corrected chi connectivity index (χ1v) is 18.0. The number of rotatable bonds is 10. The molecule has 5 aliphatic rings. The van der Waals surface area contributed by atoms with Crippen molar-refractivity contribution in [2.24, 2.45) is 17.3 Å². The van der Waals surface area contributed by atoms with Gasteiger partial charge in [-0.25, -0.2) is 9.97 Å². The average molecular weight is 626 g/mol. The summed E-state index contributed by atoms with van der Waals surface area (Å²) in [5, 5.41) is 1.23. The van der Waals surface area contributed by atoms with Crippen molar-refractivity contribution in [1.82, 2.24) is 9.97 Å². The summed E-state index contributed by atoms with van der Waals surface area (Å²) >= 11 is 1.79. The molecule has 2 aromatic heterocycles. The topological polar surface area (TPSA) is 72.4 Å². The maximum atomic E-state index is 14.5. The SMILES string of the molecule is COc1ccc(C23CCC(CN(C(=O)C4CCC(CC(C)=O)CC4)c4cc(-c5cnc(C6CC6)s5)ccn4)(CC2)CC3)cc1C. The predicted octanol–water partition coefficient (Wildman–Crippen LogP) is 8.81. The van der Waals surface area contributed by atoms with E-state index in [1.54, 1.807) is 25.4 Å². The number of nitrogens with zero attached hydrogens (tertiary/aromatic N) is 3. The Labute approximate surface area is 272 Å². The normalized spacial score (nSPS) is 27.7. The third kappa shape index (κ3) is 6.22. The van der Waals surface area contributed by atoms with Crippen LogP contribution in [0.25, 0.3) is 10.4 Å². The number of benzene rings is 1. The molecule has 0 saturated heterocycles. The summed E-state index contributed by atoms with van der Waals surface area (Å²) in [6, 6.07) is 11.0. The number of aryl methyl sites for hydroxylation is 1. The van der Waals surface area contributed by atoms with Gasteiger partial charge < -0.3 is 9.53 Å². The molecule has 0 N–H and O–H groups in total. The molecule has 5 fully saturated rings. The summed E-state index contributed by atoms with van der Waals surface area (Å²) in [5.41, 5.74) is 4.11. The number of anilines is 1. The molecule has 0 spiro atoms. The van der Waals surface area contributed by atoms with Crippen LogP contribution in [0.4, 0.5) is 5.82 Å². The van der Waals surface area contributed by atoms with Gasteiger partial charge in [-0.1, -0.05) is 12.1 Å². The van der Waals surface area contributed by atoms with Gasteiger partial charge in [-0.05, 0) is 143 Å². The van der Waals surface area contributed by atoms with Crippen LogP contribution in [0.5, 0.6) is 5.75 Å². The Morgan fingerprint density at radius 1 is 0.956 bits per heavy atom. The number of amides is 1. The van der Waals surface area contributed by atoms with Crippen LogP contribution in [-0.2, 0) is 15.0 Å². The highest BCUT2D eigenvalue weighted by Crippen LogP contribution is 2.58. The number of Topliss-reactive ketones (excluding diaryl/α,β-unsaturated/α-hetero) is 1. The highest BCUT2D eigenvalue weighted by atomic mass is 32.1. The number of ketones is 1. The first-order valence-electron chi connectivity index (χ1n) is 17.1. The highest BCUT2D eigenvalue weighted by molar-refractivity contribution is 7.15. The van der Waals surface area contributed by atoms with Gasteiger partial charge in [-0.15, -0.1) is 11.3 Å². The number of thiazole rings is 1. The molecule has 1 amide bonds. The molecule has 7 heteroatoms. The van der Waals surface area contributed by atoms with Gasteiger partial charge in [0.15, 0.2) is 0 Å². The fraction of sp³-hybridized carbons (Fsp3) is 0.579. The molecule has 3 aromatic rings. The van der Waals surface area contributed by atoms with Gasteiger partial charge in [-0.2, -0.15) is 0 Å². The molecule has 2 heterocycles. The van der Waals surface area contributed by atoms with Crippen LogP contribution in [0.1, 0.15) is 112 Å². The molecule has 5 aliphatic carbocycles. The van der Waals surface area contributed by atoms with E-state index < -0.39 is 0 Å². The minimum atomic E-state index is -0.00603. The highest BCUT2D eigenvalue weighted by Gasteiger charge is 2.51. The summed E-state index contributed by atoms with van der Waals surface area (Å²) < 4.78 is 5.55. The van der Waals surface area contributed by atoms with E-state index in [0.29, 0.717) is 18.3 Å². The maximum absolute atomic E-state index is 14.5. The molecule has 0 aliphatic heterocycles. The Bertz CT molecular complexity index is 1540. The largest absolute Gasteiger partial charge is 0.496 e. The van der Waals surface area contributed by atoms with Gasteiger partial charge in [0.05, 0.1) is 17.0 Å². The second-order valence-corrected chi connectivity index (χ2v) is 15.8. The number of aromatic nitrogens is 2. The van der Waals surface area contributed by atoms with Crippen molar-refractivity contribution >= 4 is 28.8 Å². The molecule has 1 aromatic carbocycles. The predicted molar refractivity (Wildman–Crippen MR) is 180 cm³/mol. The maximum Gasteiger partial charge on any atom is 0.231 e. The number of pyridine rings is 1. The van der Waals surface area contributed by atoms with Crippen molar-refractivity contribution in [2.45, 2.75) is 109 Å². The lowest BCUT2D eigenvalue weighted by atomic mass is 9.51. The van der Waals surface area contributed by atoms with Crippen LogP contribution in [0.15, 0.2) is 42.7 Å². The summed E-state index contributed by atoms with van der Waals surface area (Å²) in [6.45, 7) is 4.57. The standard InChI is InChI=1S/C38H47N3O3S/c1-25-20-31(10-11-32(25)44-3)38-16-13-37(14-17-38,15-18-38)24-41(36(43)29-6-4-27(5-7-29)21-26(2)42)34-22-30(12-19-39-34)33-23-40-35(45-33)28-8-9-28/h10-12,19-20,22-23,27-29H,4-9,13-18,21,24H2,1-3H3. The van der Waals surface area contributed by atoms with Crippen molar-refractivity contribution in [3.05, 3.63) is 58.9 Å². The van der Waals surface area contributed by atoms with Crippen LogP contribution in [0.2, 0.25) is 0 Å². The first kappa shape index (κ1) is 30.6. The van der Waals surface area contributed by atoms with Crippen molar-refractivity contribution in [3.63, 3.8) is 0 Å². The lowest BCUT2D eigenvalue weighted by Gasteiger charge is -2.55. The summed E-state index contributed by atoms with van der Waals surface area (Å²) in [6.07, 6.45) is 17.5. The van der Waals surface area contributed by atoms with Gasteiger partial charge >= 0.3 is 0 Å². The van der Waals surface area contributed by atoms with Gasteiger partial charge in [0, 0.05) is 37.2 Å². The number of carbonyl (C=O) groups excluding carboxylic acids is 2. The quantitative estimate of drug-likeness (QED) is 0.225. The van der Waals surface area contributed by atoms with E-state index >= 15 is 0 Å². The Morgan fingerprint density at radius 3 is 2.33 bits per heavy atom. The third-order valence-electron chi connectivity index (χ3n) is 11.7. The Balaban J connectivity index is 1.13. The van der Waals surface area contributed by atoms with Gasteiger partial charge in [0.1, 0.15) is 17.4 Å². The van der Waals surface area contributed by atoms with Crippen LogP contribution in [-0.4, -0.2) is 35.3 Å². The zero-order chi connectivity index (χ0) is 31.2. The molecule has 0 radical (unpaired) electrons. The molecular weight excluding hydrogens is 579 g/mol. The van der Waals surface area contributed by atoms with Crippen LogP contribution in [0.3, 0.4) is 0 Å². The molecule has 45 heavy (non-hydrogen) atoms. The van der Waals surface area contributed by atoms with E-state index in [2.05, 4.69) is 42.2 Å². The van der Waals surface area contributed by atoms with Crippen LogP contribution >= 0.6 is 11.3 Å². The third-order valence-corrected chi connectivity index (χ3v) is 12.9. The second kappa shape index (κ2) is 12.3. The van der Waals surface area contributed by atoms with E-state index in [0.717, 1.165) is 92.8 Å². The van der Waals surface area contributed by atoms with E-state index in [-0.39, 0.29) is 28.4 Å². The second-order valence-electron chi connectivity index (χ2n) is 14.8. The lowest BCUT2D eigenvalue weighted by molar-refractivity contribution is -0.124. The molecule has 5 saturated carbocycles. The van der Waals surface area contributed by atoms with Crippen molar-refractivity contribution in [3.8, 4) is 16.2 Å². The Morgan fingerprint density at radius 2 is 1.69 bits per heavy atom. The van der Waals surface area contributed by atoms with Gasteiger partial charge in [-0.3, -0.25) is 9.69 Å². The van der Waals surface area contributed by atoms with Crippen LogP contribution in [0, 0.1) is 24.2 Å². The fourth-order valence-corrected chi connectivity index (χ4v) is 9.73. The minimum absolute atomic E-state index is 0.00603. The lowest BCUT2D eigenvalue weighted by Crippen LogP contribution is -2.52. The zero-order valence-corrected chi connectivity index (χ0v) is 28.0. The van der Waals surface area contributed by atoms with Crippen molar-refractivity contribution in [1.29, 1.82) is 0 Å². The summed E-state index contributed by atoms with van der Waals surface area (Å²) in [7, 11) is 1.74. The molecule has 6 nitrogen and oxygen atoms in total. The van der Waals surface area contributed by atoms with Crippen molar-refractivity contribution in [2.75, 3.05) is 18.6 Å². The Hall–Kier alpha value is -3.06. The number of fused-ring (bicyclic) bond motifs is 3. The minimum Gasteiger partial charge on any atom is -0.496 e. The molecule has 8 rings (SSSR count). The first-order chi connectivity index (χ1) is 21.8. The van der Waals surface area contributed by atoms with E-state index in [4.69, 9.17) is 14.7 Å². The molecule has 0 atom stereocenters. The Kier molecular flexibility index (Phi) is 8.34. The number of carbonyl (C=O) groups is 2. The average Bonchev–Trinajstić information content (AvgIpc) is 3.80. The monoisotopic (exact) mass is 625 g/mol. The smallest absolute Gasteiger partial charge is 0.231 e. The number of hydrogen-bond acceptors (Lipinski definition) is 6. The molecular formula is C38H47N3O3S. The van der Waals surface area contributed by atoms with Crippen LogP contribution < -0.4 is 9.64 Å². The number of ether oxygens (including phenoxy) is 1. The molecule has 0 unspecified atom stereocenters. The van der Waals surface area contributed by atoms with E-state index in [9.17, 15) is 9.59 Å². The summed E-state index contributed by atoms with van der Waals surface area (Å²) in [5.74, 6) is 3.27. The van der Waals surface area contributed by atoms with E-state index in [1.165, 1.54) is 29.0 Å². The van der Waals surface area contributed by atoms with Crippen molar-refractivity contribution < 1.29 is 14.3 Å². The fourth-order valence-electron chi connectivity index (χ4n) is 8.65. The summed E-state index contributed by atoms with van der Waals surface area (Å²) in [4.78, 5) is 39.1. The number of methoxy groups -OCH3 is 1. The van der Waals surface area contributed by atoms with Gasteiger partial charge in [0.2, 0.25) is 5.91 Å². The molecule has 238 valence electrons. The molecule has 2 bridgehead atoms. The zero-order valence-electron chi connectivity index (χ0n) is 27.1. The number of hydrogen-bond donors (Lipinski definition) is 0.